The minimum Gasteiger partial charge on any atom is -0.299 e. The Morgan fingerprint density at radius 2 is 1.68 bits per heavy atom. The lowest BCUT2D eigenvalue weighted by Crippen LogP contribution is -2.27. The smallest absolute Gasteiger partial charge is 0.140 e. The van der Waals surface area contributed by atoms with E-state index >= 15 is 0 Å². The second kappa shape index (κ2) is 5.90. The molecule has 0 bridgehead atoms. The summed E-state index contributed by atoms with van der Waals surface area (Å²) in [5.41, 5.74) is 3.77. The van der Waals surface area contributed by atoms with Crippen LogP contribution in [0, 0.1) is 31.6 Å². The summed E-state index contributed by atoms with van der Waals surface area (Å²) in [4.78, 5) is 12.5. The number of benzene rings is 1. The molecule has 1 fully saturated rings. The molecule has 2 rings (SSSR count). The van der Waals surface area contributed by atoms with Crippen molar-refractivity contribution >= 4 is 5.78 Å². The maximum Gasteiger partial charge on any atom is 0.140 e. The largest absolute Gasteiger partial charge is 0.299 e. The first-order valence-electron chi connectivity index (χ1n) is 7.54. The van der Waals surface area contributed by atoms with Gasteiger partial charge < -0.3 is 0 Å². The second-order valence-electron chi connectivity index (χ2n) is 6.68. The topological polar surface area (TPSA) is 17.1 Å². The zero-order valence-electron chi connectivity index (χ0n) is 12.7. The van der Waals surface area contributed by atoms with Gasteiger partial charge in [-0.1, -0.05) is 32.0 Å². The van der Waals surface area contributed by atoms with E-state index in [9.17, 15) is 4.79 Å². The number of carbonyl (C=O) groups is 1. The highest BCUT2D eigenvalue weighted by Gasteiger charge is 2.28. The highest BCUT2D eigenvalue weighted by molar-refractivity contribution is 5.83. The van der Waals surface area contributed by atoms with Crippen molar-refractivity contribution in [2.24, 2.45) is 17.8 Å². The molecule has 2 unspecified atom stereocenters. The number of hydrogen-bond acceptors (Lipinski definition) is 1. The lowest BCUT2D eigenvalue weighted by Gasteiger charge is -2.30. The number of ketones is 1. The molecule has 0 heterocycles. The lowest BCUT2D eigenvalue weighted by atomic mass is 9.74. The molecule has 1 aromatic carbocycles. The Hall–Kier alpha value is -1.11. The van der Waals surface area contributed by atoms with Crippen LogP contribution in [0.3, 0.4) is 0 Å². The molecule has 1 aliphatic rings. The Kier molecular flexibility index (Phi) is 4.44. The van der Waals surface area contributed by atoms with Crippen molar-refractivity contribution in [1.29, 1.82) is 0 Å². The van der Waals surface area contributed by atoms with Gasteiger partial charge in [-0.15, -0.1) is 0 Å². The van der Waals surface area contributed by atoms with Crippen molar-refractivity contribution in [2.75, 3.05) is 0 Å². The molecule has 0 spiro atoms. The van der Waals surface area contributed by atoms with E-state index in [2.05, 4.69) is 45.9 Å². The lowest BCUT2D eigenvalue weighted by molar-refractivity contribution is -0.124. The number of aryl methyl sites for hydroxylation is 2. The van der Waals surface area contributed by atoms with Crippen molar-refractivity contribution in [1.82, 2.24) is 0 Å². The minimum absolute atomic E-state index is 0.292. The van der Waals surface area contributed by atoms with Gasteiger partial charge in [-0.3, -0.25) is 4.79 Å². The summed E-state index contributed by atoms with van der Waals surface area (Å²) in [7, 11) is 0. The quantitative estimate of drug-likeness (QED) is 0.781. The first kappa shape index (κ1) is 14.3. The van der Waals surface area contributed by atoms with Crippen LogP contribution in [0.2, 0.25) is 0 Å². The van der Waals surface area contributed by atoms with Crippen LogP contribution in [-0.2, 0) is 11.2 Å². The molecule has 0 amide bonds. The average molecular weight is 258 g/mol. The molecule has 2 atom stereocenters. The van der Waals surface area contributed by atoms with Crippen LogP contribution >= 0.6 is 0 Å². The first-order chi connectivity index (χ1) is 8.95. The maximum absolute atomic E-state index is 12.5. The van der Waals surface area contributed by atoms with E-state index < -0.39 is 0 Å². The molecular formula is C18H26O. The Labute approximate surface area is 117 Å². The zero-order valence-corrected chi connectivity index (χ0v) is 12.7. The van der Waals surface area contributed by atoms with Crippen LogP contribution < -0.4 is 0 Å². The fourth-order valence-electron chi connectivity index (χ4n) is 3.47. The van der Waals surface area contributed by atoms with Crippen molar-refractivity contribution in [3.63, 3.8) is 0 Å². The third kappa shape index (κ3) is 3.68. The van der Waals surface area contributed by atoms with E-state index in [1.165, 1.54) is 23.1 Å². The van der Waals surface area contributed by atoms with Gasteiger partial charge >= 0.3 is 0 Å². The molecule has 0 aliphatic heterocycles. The molecule has 0 radical (unpaired) electrons. The van der Waals surface area contributed by atoms with Gasteiger partial charge in [0.15, 0.2) is 0 Å². The Balaban J connectivity index is 2.02. The van der Waals surface area contributed by atoms with Gasteiger partial charge in [0.1, 0.15) is 5.78 Å². The van der Waals surface area contributed by atoms with Crippen LogP contribution in [0.15, 0.2) is 18.2 Å². The summed E-state index contributed by atoms with van der Waals surface area (Å²) in [6.07, 6.45) is 4.08. The molecule has 104 valence electrons. The minimum atomic E-state index is 0.292. The van der Waals surface area contributed by atoms with Gasteiger partial charge in [-0.05, 0) is 61.6 Å². The van der Waals surface area contributed by atoms with Crippen molar-refractivity contribution in [3.05, 3.63) is 34.9 Å². The van der Waals surface area contributed by atoms with Crippen LogP contribution in [0.25, 0.3) is 0 Å². The molecule has 1 nitrogen and oxygen atoms in total. The molecular weight excluding hydrogens is 232 g/mol. The van der Waals surface area contributed by atoms with Gasteiger partial charge in [0, 0.05) is 12.3 Å². The monoisotopic (exact) mass is 258 g/mol. The van der Waals surface area contributed by atoms with E-state index in [-0.39, 0.29) is 0 Å². The zero-order chi connectivity index (χ0) is 14.0. The highest BCUT2D eigenvalue weighted by atomic mass is 16.1. The van der Waals surface area contributed by atoms with Crippen LogP contribution in [-0.4, -0.2) is 5.78 Å². The van der Waals surface area contributed by atoms with Crippen molar-refractivity contribution in [2.45, 2.75) is 53.4 Å². The van der Waals surface area contributed by atoms with Gasteiger partial charge in [-0.2, -0.15) is 0 Å². The normalized spacial score (nSPS) is 27.3. The Morgan fingerprint density at radius 3 is 2.26 bits per heavy atom. The van der Waals surface area contributed by atoms with Crippen molar-refractivity contribution in [3.8, 4) is 0 Å². The number of carbonyl (C=O) groups excluding carboxylic acids is 1. The van der Waals surface area contributed by atoms with E-state index in [0.717, 1.165) is 12.8 Å². The average Bonchev–Trinajstić information content (AvgIpc) is 2.32. The standard InChI is InChI=1S/C18H26O/c1-12-7-13(2)9-17(8-12)18(19)11-16-6-5-14(3)15(4)10-16/h5-6,10,12-13,17H,7-9,11H2,1-4H3. The van der Waals surface area contributed by atoms with Crippen LogP contribution in [0.4, 0.5) is 0 Å². The van der Waals surface area contributed by atoms with Gasteiger partial charge in [0.2, 0.25) is 0 Å². The molecule has 1 aliphatic carbocycles. The number of hydrogen-bond donors (Lipinski definition) is 0. The highest BCUT2D eigenvalue weighted by Crippen LogP contribution is 2.33. The summed E-state index contributed by atoms with van der Waals surface area (Å²) in [5.74, 6) is 2.15. The summed E-state index contributed by atoms with van der Waals surface area (Å²) < 4.78 is 0. The van der Waals surface area contributed by atoms with Crippen LogP contribution in [0.5, 0.6) is 0 Å². The summed E-state index contributed by atoms with van der Waals surface area (Å²) in [6.45, 7) is 8.80. The van der Waals surface area contributed by atoms with Crippen molar-refractivity contribution < 1.29 is 4.79 Å². The van der Waals surface area contributed by atoms with Gasteiger partial charge in [-0.25, -0.2) is 0 Å². The summed E-state index contributed by atoms with van der Waals surface area (Å²) in [5, 5.41) is 0. The number of Topliss-reactive ketones (excluding diaryl/α,β-unsaturated/α-hetero) is 1. The number of rotatable bonds is 3. The Bertz CT molecular complexity index is 451. The Morgan fingerprint density at radius 1 is 1.05 bits per heavy atom. The molecule has 0 N–H and O–H groups in total. The predicted octanol–water partition coefficient (Wildman–Crippen LogP) is 4.49. The summed E-state index contributed by atoms with van der Waals surface area (Å²) in [6, 6.07) is 6.41. The molecule has 19 heavy (non-hydrogen) atoms. The molecule has 0 aromatic heterocycles. The van der Waals surface area contributed by atoms with E-state index in [1.807, 2.05) is 0 Å². The van der Waals surface area contributed by atoms with Gasteiger partial charge in [0.25, 0.3) is 0 Å². The molecule has 1 heteroatoms. The SMILES string of the molecule is Cc1ccc(CC(=O)C2CC(C)CC(C)C2)cc1C. The fraction of sp³-hybridized carbons (Fsp3) is 0.611. The third-order valence-corrected chi connectivity index (χ3v) is 4.58. The van der Waals surface area contributed by atoms with Gasteiger partial charge in [0.05, 0.1) is 0 Å². The summed E-state index contributed by atoms with van der Waals surface area (Å²) >= 11 is 0. The van der Waals surface area contributed by atoms with Crippen LogP contribution in [0.1, 0.15) is 49.8 Å². The second-order valence-corrected chi connectivity index (χ2v) is 6.68. The maximum atomic E-state index is 12.5. The molecule has 1 aromatic rings. The van der Waals surface area contributed by atoms with E-state index in [0.29, 0.717) is 30.0 Å². The molecule has 0 saturated heterocycles. The first-order valence-corrected chi connectivity index (χ1v) is 7.54. The fourth-order valence-corrected chi connectivity index (χ4v) is 3.47. The van der Waals surface area contributed by atoms with E-state index in [1.54, 1.807) is 0 Å². The third-order valence-electron chi connectivity index (χ3n) is 4.58. The predicted molar refractivity (Wildman–Crippen MR) is 80.3 cm³/mol. The molecule has 1 saturated carbocycles. The van der Waals surface area contributed by atoms with E-state index in [4.69, 9.17) is 0 Å².